The third kappa shape index (κ3) is 7.31. The average Bonchev–Trinajstić information content (AvgIpc) is 3.73. The number of aromatic nitrogens is 5. The number of hydrogen-bond donors (Lipinski definition) is 0. The number of furan rings is 1. The van der Waals surface area contributed by atoms with Gasteiger partial charge in [-0.2, -0.15) is 0 Å². The minimum Gasteiger partial charge on any atom is -0.501 e. The molecule has 4 heterocycles. The van der Waals surface area contributed by atoms with E-state index in [0.717, 1.165) is 56.3 Å². The number of benzene rings is 4. The van der Waals surface area contributed by atoms with Crippen molar-refractivity contribution < 1.29 is 33.0 Å². The van der Waals surface area contributed by atoms with Crippen molar-refractivity contribution in [2.45, 2.75) is 72.6 Å². The first-order valence-corrected chi connectivity index (χ1v) is 17.5. The van der Waals surface area contributed by atoms with Crippen LogP contribution in [0.4, 0.5) is 4.39 Å². The number of halogens is 1. The van der Waals surface area contributed by atoms with Gasteiger partial charge in [-0.25, -0.2) is 9.97 Å². The second kappa shape index (κ2) is 15.1. The van der Waals surface area contributed by atoms with Gasteiger partial charge in [0.2, 0.25) is 0 Å². The molecule has 0 aliphatic rings. The van der Waals surface area contributed by atoms with Crippen molar-refractivity contribution in [3.8, 4) is 28.3 Å². The number of rotatable bonds is 5. The molecular weight excluding hydrogens is 838 g/mol. The summed E-state index contributed by atoms with van der Waals surface area (Å²) in [5.41, 5.74) is 8.95. The summed E-state index contributed by atoms with van der Waals surface area (Å²) in [5.74, 6) is 0.753. The number of pyridine rings is 1. The van der Waals surface area contributed by atoms with Gasteiger partial charge in [0.15, 0.2) is 11.3 Å². The van der Waals surface area contributed by atoms with Gasteiger partial charge in [-0.15, -0.1) is 42.0 Å². The summed E-state index contributed by atoms with van der Waals surface area (Å²) in [6, 6.07) is 30.7. The molecule has 0 atom stereocenters. The predicted octanol–water partition coefficient (Wildman–Crippen LogP) is 11.7. The molecule has 0 fully saturated rings. The summed E-state index contributed by atoms with van der Waals surface area (Å²) in [7, 11) is 0. The molecule has 0 aliphatic carbocycles. The summed E-state index contributed by atoms with van der Waals surface area (Å²) < 4.78 is 44.4. The van der Waals surface area contributed by atoms with Crippen molar-refractivity contribution in [1.82, 2.24) is 24.5 Å². The maximum absolute atomic E-state index is 14.1. The molecule has 8 heteroatoms. The molecule has 8 aromatic rings. The van der Waals surface area contributed by atoms with E-state index in [-0.39, 0.29) is 36.6 Å². The van der Waals surface area contributed by atoms with E-state index in [9.17, 15) is 4.39 Å². The smallest absolute Gasteiger partial charge is 0.188 e. The summed E-state index contributed by atoms with van der Waals surface area (Å²) in [4.78, 5) is 18.5. The molecule has 0 N–H and O–H groups in total. The SMILES string of the molecule is CC(C)c1cccc(C(C)C)c1-n1c(-c2[c-]ccc3c2oc2ccccc23)nc2nccnc21.[2H]C([2H])([2H])c1c[c-]c(-c2ccc(C(C)(C)C)cn2)c(F)c1.[Ir]. The van der Waals surface area contributed by atoms with E-state index >= 15 is 0 Å². The first kappa shape index (κ1) is 33.8. The summed E-state index contributed by atoms with van der Waals surface area (Å²) in [6.07, 6.45) is 5.12. The number of nitrogens with zero attached hydrogens (tertiary/aromatic N) is 5. The van der Waals surface area contributed by atoms with Gasteiger partial charge in [0, 0.05) is 59.7 Å². The van der Waals surface area contributed by atoms with Gasteiger partial charge in [-0.3, -0.25) is 9.37 Å². The van der Waals surface area contributed by atoms with Crippen LogP contribution in [-0.4, -0.2) is 24.5 Å². The van der Waals surface area contributed by atoms with Gasteiger partial charge in [0.1, 0.15) is 5.58 Å². The first-order valence-electron chi connectivity index (χ1n) is 19.0. The first-order chi connectivity index (χ1) is 26.1. The molecule has 53 heavy (non-hydrogen) atoms. The Labute approximate surface area is 328 Å². The monoisotopic (exact) mass is 883 g/mol. The second-order valence-corrected chi connectivity index (χ2v) is 14.6. The Kier molecular flexibility index (Phi) is 9.64. The van der Waals surface area contributed by atoms with Crippen LogP contribution in [0.3, 0.4) is 0 Å². The third-order valence-corrected chi connectivity index (χ3v) is 9.20. The van der Waals surface area contributed by atoms with Crippen molar-refractivity contribution in [1.29, 1.82) is 0 Å². The standard InChI is InChI=1S/C29H25N4O.C16H17FN.Ir/c1-17(2)19-10-7-11-20(18(3)4)25(19)33-28(32-27-29(33)31-16-15-30-27)23-13-8-12-22-21-9-5-6-14-24(21)34-26(22)23;1-11-5-7-13(14(17)9-11)15-8-6-12(10-18-15)16(2,3)4;/h5-12,14-18H,1-4H3;5-6,8-10H,1-4H3;/q2*-1;/i;1D3;. The Morgan fingerprint density at radius 3 is 2.23 bits per heavy atom. The van der Waals surface area contributed by atoms with E-state index in [2.05, 4.69) is 105 Å². The quantitative estimate of drug-likeness (QED) is 0.161. The van der Waals surface area contributed by atoms with Gasteiger partial charge >= 0.3 is 0 Å². The molecule has 6 nitrogen and oxygen atoms in total. The Bertz CT molecular complexity index is 2630. The molecule has 0 amide bonds. The van der Waals surface area contributed by atoms with Crippen LogP contribution in [0, 0.1) is 24.8 Å². The van der Waals surface area contributed by atoms with Gasteiger partial charge in [-0.1, -0.05) is 120 Å². The summed E-state index contributed by atoms with van der Waals surface area (Å²) in [5, 5.41) is 2.13. The van der Waals surface area contributed by atoms with E-state index in [1.165, 1.54) is 17.2 Å². The fourth-order valence-corrected chi connectivity index (χ4v) is 6.47. The van der Waals surface area contributed by atoms with Gasteiger partial charge < -0.3 is 14.0 Å². The summed E-state index contributed by atoms with van der Waals surface area (Å²) in [6.45, 7) is 12.8. The molecule has 271 valence electrons. The van der Waals surface area contributed by atoms with E-state index in [4.69, 9.17) is 18.5 Å². The average molecular weight is 883 g/mol. The molecule has 0 unspecified atom stereocenters. The van der Waals surface area contributed by atoms with Crippen molar-refractivity contribution >= 4 is 33.2 Å². The molecular formula is C45H42FIrN5O-2. The van der Waals surface area contributed by atoms with Crippen molar-refractivity contribution in [3.63, 3.8) is 0 Å². The number of fused-ring (bicyclic) bond motifs is 4. The fraction of sp³-hybridized carbons (Fsp3) is 0.244. The van der Waals surface area contributed by atoms with Crippen LogP contribution in [0.2, 0.25) is 0 Å². The van der Waals surface area contributed by atoms with Crippen molar-refractivity contribution in [3.05, 3.63) is 138 Å². The molecule has 0 saturated heterocycles. The zero-order valence-corrected chi connectivity index (χ0v) is 33.1. The molecule has 0 bridgehead atoms. The molecule has 0 aliphatic heterocycles. The fourth-order valence-electron chi connectivity index (χ4n) is 6.47. The molecule has 0 saturated carbocycles. The Hall–Kier alpha value is -5.04. The van der Waals surface area contributed by atoms with Crippen molar-refractivity contribution in [2.75, 3.05) is 0 Å². The minimum atomic E-state index is -2.33. The summed E-state index contributed by atoms with van der Waals surface area (Å²) >= 11 is 0. The normalized spacial score (nSPS) is 12.8. The van der Waals surface area contributed by atoms with Gasteiger partial charge in [0.25, 0.3) is 0 Å². The van der Waals surface area contributed by atoms with Crippen molar-refractivity contribution in [2.24, 2.45) is 0 Å². The molecule has 0 spiro atoms. The zero-order valence-electron chi connectivity index (χ0n) is 33.7. The van der Waals surface area contributed by atoms with Crippen LogP contribution in [0.5, 0.6) is 0 Å². The van der Waals surface area contributed by atoms with Gasteiger partial charge in [0.05, 0.1) is 11.4 Å². The largest absolute Gasteiger partial charge is 0.501 e. The topological polar surface area (TPSA) is 69.6 Å². The minimum absolute atomic E-state index is 0. The maximum atomic E-state index is 14.1. The van der Waals surface area contributed by atoms with E-state index in [1.807, 2.05) is 30.3 Å². The van der Waals surface area contributed by atoms with Crippen LogP contribution in [0.15, 0.2) is 102 Å². The van der Waals surface area contributed by atoms with Crippen LogP contribution >= 0.6 is 0 Å². The molecule has 8 rings (SSSR count). The second-order valence-electron chi connectivity index (χ2n) is 14.6. The van der Waals surface area contributed by atoms with Crippen LogP contribution < -0.4 is 0 Å². The van der Waals surface area contributed by atoms with Crippen LogP contribution in [-0.2, 0) is 25.5 Å². The molecule has 1 radical (unpaired) electrons. The molecule has 4 aromatic heterocycles. The van der Waals surface area contributed by atoms with Gasteiger partial charge in [-0.05, 0) is 45.7 Å². The number of aryl methyl sites for hydroxylation is 1. The Morgan fingerprint density at radius 1 is 0.830 bits per heavy atom. The number of para-hydroxylation sites is 2. The zero-order chi connectivity index (χ0) is 39.2. The number of imidazole rings is 1. The third-order valence-electron chi connectivity index (χ3n) is 9.20. The predicted molar refractivity (Wildman–Crippen MR) is 208 cm³/mol. The Morgan fingerprint density at radius 2 is 1.57 bits per heavy atom. The van der Waals surface area contributed by atoms with E-state index in [0.29, 0.717) is 23.2 Å². The van der Waals surface area contributed by atoms with Crippen LogP contribution in [0.1, 0.15) is 86.7 Å². The van der Waals surface area contributed by atoms with Crippen LogP contribution in [0.25, 0.3) is 61.6 Å². The van der Waals surface area contributed by atoms with E-state index in [1.54, 1.807) is 24.7 Å². The number of hydrogen-bond acceptors (Lipinski definition) is 5. The maximum Gasteiger partial charge on any atom is 0.188 e. The molecule has 4 aromatic carbocycles. The van der Waals surface area contributed by atoms with E-state index < -0.39 is 12.7 Å². The Balaban J connectivity index is 0.000000209.